The second-order valence-corrected chi connectivity index (χ2v) is 9.34. The van der Waals surface area contributed by atoms with Crippen LogP contribution < -0.4 is 4.72 Å². The summed E-state index contributed by atoms with van der Waals surface area (Å²) in [5.74, 6) is 0.378. The van der Waals surface area contributed by atoms with Gasteiger partial charge < -0.3 is 4.74 Å². The maximum absolute atomic E-state index is 12.7. The fourth-order valence-corrected chi connectivity index (χ4v) is 6.31. The van der Waals surface area contributed by atoms with Crippen molar-refractivity contribution >= 4 is 31.4 Å². The molecule has 2 fully saturated rings. The number of fused-ring (bicyclic) bond motifs is 1. The molecular weight excluding hydrogens is 330 g/mol. The molecule has 0 radical (unpaired) electrons. The molecule has 0 amide bonds. The molecule has 4 rings (SSSR count). The lowest BCUT2D eigenvalue weighted by Crippen LogP contribution is -2.47. The van der Waals surface area contributed by atoms with Gasteiger partial charge in [0.2, 0.25) is 10.0 Å². The largest absolute Gasteiger partial charge is 0.375 e. The van der Waals surface area contributed by atoms with Gasteiger partial charge in [0.1, 0.15) is 4.90 Å². The molecule has 1 atom stereocenters. The Balaban J connectivity index is 1.47. The van der Waals surface area contributed by atoms with Crippen LogP contribution in [0.1, 0.15) is 32.1 Å². The highest BCUT2D eigenvalue weighted by atomic mass is 32.2. The minimum absolute atomic E-state index is 0.0590. The highest BCUT2D eigenvalue weighted by Gasteiger charge is 2.42. The van der Waals surface area contributed by atoms with Gasteiger partial charge in [0.05, 0.1) is 5.60 Å². The van der Waals surface area contributed by atoms with Gasteiger partial charge in [-0.25, -0.2) is 13.1 Å². The first-order valence-corrected chi connectivity index (χ1v) is 10.5. The molecule has 4 nitrogen and oxygen atoms in total. The van der Waals surface area contributed by atoms with Crippen molar-refractivity contribution in [1.82, 2.24) is 4.72 Å². The summed E-state index contributed by atoms with van der Waals surface area (Å²) >= 11 is 1.48. The number of sulfonamides is 1. The molecule has 1 N–H and O–H groups in total. The average Bonchev–Trinajstić information content (AvgIpc) is 2.97. The number of rotatable bonds is 4. The fraction of sp³-hybridized carbons (Fsp3) is 0.529. The Morgan fingerprint density at radius 1 is 1.30 bits per heavy atom. The standard InChI is InChI=1S/C17H21NO3S2/c19-23(20,16-12-22-15-5-2-1-4-14(15)16)18-11-13-6-9-21-17(10-13)7-3-8-17/h1-2,4-5,12-13,18H,3,6-11H2. The predicted octanol–water partition coefficient (Wildman–Crippen LogP) is 3.53. The molecule has 1 aliphatic heterocycles. The molecule has 2 aromatic rings. The minimum atomic E-state index is -3.45. The van der Waals surface area contributed by atoms with Gasteiger partial charge in [-0.3, -0.25) is 0 Å². The van der Waals surface area contributed by atoms with Crippen LogP contribution in [-0.4, -0.2) is 27.2 Å². The van der Waals surface area contributed by atoms with Crippen LogP contribution in [0, 0.1) is 5.92 Å². The fourth-order valence-electron chi connectivity index (χ4n) is 3.69. The Bertz CT molecular complexity index is 808. The van der Waals surface area contributed by atoms with E-state index in [0.29, 0.717) is 17.4 Å². The van der Waals surface area contributed by atoms with Crippen LogP contribution >= 0.6 is 11.3 Å². The zero-order valence-electron chi connectivity index (χ0n) is 13.0. The van der Waals surface area contributed by atoms with E-state index in [1.807, 2.05) is 24.3 Å². The van der Waals surface area contributed by atoms with E-state index >= 15 is 0 Å². The van der Waals surface area contributed by atoms with E-state index in [1.54, 1.807) is 5.38 Å². The SMILES string of the molecule is O=S(=O)(NCC1CCOC2(CCC2)C1)c1csc2ccccc12. The van der Waals surface area contributed by atoms with Gasteiger partial charge in [0.15, 0.2) is 0 Å². The van der Waals surface area contributed by atoms with Crippen molar-refractivity contribution < 1.29 is 13.2 Å². The minimum Gasteiger partial charge on any atom is -0.375 e. The molecule has 1 spiro atoms. The average molecular weight is 351 g/mol. The lowest BCUT2D eigenvalue weighted by molar-refractivity contribution is -0.142. The van der Waals surface area contributed by atoms with Crippen LogP contribution in [0.15, 0.2) is 34.5 Å². The van der Waals surface area contributed by atoms with Crippen molar-refractivity contribution in [3.8, 4) is 0 Å². The molecule has 23 heavy (non-hydrogen) atoms. The lowest BCUT2D eigenvalue weighted by atomic mass is 9.72. The van der Waals surface area contributed by atoms with Crippen molar-refractivity contribution in [1.29, 1.82) is 0 Å². The summed E-state index contributed by atoms with van der Waals surface area (Å²) in [6.45, 7) is 1.27. The monoisotopic (exact) mass is 351 g/mol. The molecule has 6 heteroatoms. The Hall–Kier alpha value is -0.950. The predicted molar refractivity (Wildman–Crippen MR) is 92.3 cm³/mol. The molecular formula is C17H21NO3S2. The van der Waals surface area contributed by atoms with Crippen LogP contribution in [0.5, 0.6) is 0 Å². The molecule has 1 aromatic heterocycles. The lowest BCUT2D eigenvalue weighted by Gasteiger charge is -2.47. The summed E-state index contributed by atoms with van der Waals surface area (Å²) in [4.78, 5) is 0.406. The molecule has 0 bridgehead atoms. The summed E-state index contributed by atoms with van der Waals surface area (Å²) in [5, 5.41) is 2.55. The van der Waals surface area contributed by atoms with Gasteiger partial charge >= 0.3 is 0 Å². The molecule has 1 saturated carbocycles. The number of nitrogens with one attached hydrogen (secondary N) is 1. The molecule has 1 saturated heterocycles. The second kappa shape index (κ2) is 5.84. The molecule has 1 aliphatic carbocycles. The van der Waals surface area contributed by atoms with Crippen LogP contribution in [0.3, 0.4) is 0 Å². The number of hydrogen-bond donors (Lipinski definition) is 1. The van der Waals surface area contributed by atoms with E-state index in [1.165, 1.54) is 17.8 Å². The maximum atomic E-state index is 12.7. The maximum Gasteiger partial charge on any atom is 0.242 e. The first-order chi connectivity index (χ1) is 11.1. The van der Waals surface area contributed by atoms with Crippen LogP contribution in [0.25, 0.3) is 10.1 Å². The smallest absolute Gasteiger partial charge is 0.242 e. The Morgan fingerprint density at radius 2 is 2.13 bits per heavy atom. The van der Waals surface area contributed by atoms with Gasteiger partial charge in [-0.05, 0) is 44.1 Å². The highest BCUT2D eigenvalue weighted by molar-refractivity contribution is 7.90. The molecule has 1 unspecified atom stereocenters. The molecule has 2 heterocycles. The number of ether oxygens (including phenoxy) is 1. The van der Waals surface area contributed by atoms with Crippen molar-refractivity contribution in [3.63, 3.8) is 0 Å². The van der Waals surface area contributed by atoms with E-state index in [-0.39, 0.29) is 5.60 Å². The quantitative estimate of drug-likeness (QED) is 0.917. The van der Waals surface area contributed by atoms with Gasteiger partial charge in [-0.2, -0.15) is 0 Å². The number of hydrogen-bond acceptors (Lipinski definition) is 4. The second-order valence-electron chi connectivity index (χ2n) is 6.69. The zero-order valence-corrected chi connectivity index (χ0v) is 14.6. The first-order valence-electron chi connectivity index (χ1n) is 8.18. The van der Waals surface area contributed by atoms with Crippen molar-refractivity contribution in [3.05, 3.63) is 29.6 Å². The third kappa shape index (κ3) is 2.93. The van der Waals surface area contributed by atoms with Gasteiger partial charge in [-0.15, -0.1) is 11.3 Å². The van der Waals surface area contributed by atoms with Gasteiger partial charge in [-0.1, -0.05) is 18.2 Å². The number of thiophene rings is 1. The van der Waals surface area contributed by atoms with E-state index in [9.17, 15) is 8.42 Å². The van der Waals surface area contributed by atoms with E-state index in [2.05, 4.69) is 4.72 Å². The highest BCUT2D eigenvalue weighted by Crippen LogP contribution is 2.44. The van der Waals surface area contributed by atoms with E-state index < -0.39 is 10.0 Å². The Kier molecular flexibility index (Phi) is 3.96. The van der Waals surface area contributed by atoms with E-state index in [0.717, 1.165) is 42.4 Å². The Labute approximate surface area is 140 Å². The normalized spacial score (nSPS) is 23.9. The van der Waals surface area contributed by atoms with Crippen LogP contribution in [-0.2, 0) is 14.8 Å². The number of benzene rings is 1. The topological polar surface area (TPSA) is 55.4 Å². The van der Waals surface area contributed by atoms with Crippen molar-refractivity contribution in [2.75, 3.05) is 13.2 Å². The van der Waals surface area contributed by atoms with E-state index in [4.69, 9.17) is 4.74 Å². The van der Waals surface area contributed by atoms with Gasteiger partial charge in [0.25, 0.3) is 0 Å². The Morgan fingerprint density at radius 3 is 2.91 bits per heavy atom. The third-order valence-electron chi connectivity index (χ3n) is 5.16. The molecule has 2 aliphatic rings. The summed E-state index contributed by atoms with van der Waals surface area (Å²) in [6.07, 6.45) is 5.42. The van der Waals surface area contributed by atoms with Crippen molar-refractivity contribution in [2.24, 2.45) is 5.92 Å². The van der Waals surface area contributed by atoms with Crippen LogP contribution in [0.2, 0.25) is 0 Å². The zero-order chi connectivity index (χ0) is 15.9. The van der Waals surface area contributed by atoms with Gasteiger partial charge in [0, 0.05) is 28.6 Å². The van der Waals surface area contributed by atoms with Crippen LogP contribution in [0.4, 0.5) is 0 Å². The third-order valence-corrected chi connectivity index (χ3v) is 7.73. The summed E-state index contributed by atoms with van der Waals surface area (Å²) in [6, 6.07) is 7.64. The molecule has 1 aromatic carbocycles. The summed E-state index contributed by atoms with van der Waals surface area (Å²) in [5.41, 5.74) is 0.0590. The summed E-state index contributed by atoms with van der Waals surface area (Å²) in [7, 11) is -3.45. The van der Waals surface area contributed by atoms with Crippen molar-refractivity contribution in [2.45, 2.75) is 42.6 Å². The summed E-state index contributed by atoms with van der Waals surface area (Å²) < 4.78 is 35.1. The molecule has 124 valence electrons. The first kappa shape index (κ1) is 15.6.